The van der Waals surface area contributed by atoms with Crippen LogP contribution < -0.4 is 0 Å². The predicted molar refractivity (Wildman–Crippen MR) is 70.4 cm³/mol. The zero-order valence-electron chi connectivity index (χ0n) is 10.6. The van der Waals surface area contributed by atoms with Gasteiger partial charge < -0.3 is 4.74 Å². The van der Waals surface area contributed by atoms with Crippen molar-refractivity contribution in [3.63, 3.8) is 0 Å². The molecule has 0 atom stereocenters. The Morgan fingerprint density at radius 1 is 1.35 bits per heavy atom. The smallest absolute Gasteiger partial charge is 0.339 e. The maximum absolute atomic E-state index is 11.8. The molecule has 2 nitrogen and oxygen atoms in total. The molecule has 0 radical (unpaired) electrons. The molecule has 3 heteroatoms. The SMILES string of the molecule is CCCC(C)(C)COC(=O)c1ccccc1Cl. The van der Waals surface area contributed by atoms with Crippen LogP contribution in [0.3, 0.4) is 0 Å². The summed E-state index contributed by atoms with van der Waals surface area (Å²) < 4.78 is 5.30. The zero-order chi connectivity index (χ0) is 12.9. The largest absolute Gasteiger partial charge is 0.461 e. The van der Waals surface area contributed by atoms with Crippen molar-refractivity contribution < 1.29 is 9.53 Å². The molecule has 0 amide bonds. The highest BCUT2D eigenvalue weighted by Gasteiger charge is 2.20. The van der Waals surface area contributed by atoms with Gasteiger partial charge in [-0.2, -0.15) is 0 Å². The van der Waals surface area contributed by atoms with E-state index in [0.29, 0.717) is 17.2 Å². The highest BCUT2D eigenvalue weighted by molar-refractivity contribution is 6.33. The van der Waals surface area contributed by atoms with Crippen molar-refractivity contribution in [3.05, 3.63) is 34.9 Å². The van der Waals surface area contributed by atoms with E-state index in [9.17, 15) is 4.79 Å². The minimum Gasteiger partial charge on any atom is -0.461 e. The average molecular weight is 255 g/mol. The van der Waals surface area contributed by atoms with Crippen molar-refractivity contribution >= 4 is 17.6 Å². The highest BCUT2D eigenvalue weighted by Crippen LogP contribution is 2.23. The molecule has 0 bridgehead atoms. The summed E-state index contributed by atoms with van der Waals surface area (Å²) in [5.74, 6) is -0.347. The van der Waals surface area contributed by atoms with Gasteiger partial charge in [0, 0.05) is 0 Å². The van der Waals surface area contributed by atoms with E-state index >= 15 is 0 Å². The first-order valence-corrected chi connectivity index (χ1v) is 6.26. The van der Waals surface area contributed by atoms with E-state index in [1.54, 1.807) is 24.3 Å². The van der Waals surface area contributed by atoms with Crippen molar-refractivity contribution in [1.29, 1.82) is 0 Å². The Labute approximate surface area is 108 Å². The summed E-state index contributed by atoms with van der Waals surface area (Å²) in [6, 6.07) is 6.94. The number of esters is 1. The maximum Gasteiger partial charge on any atom is 0.339 e. The van der Waals surface area contributed by atoms with Crippen LogP contribution in [-0.4, -0.2) is 12.6 Å². The number of carbonyl (C=O) groups excluding carboxylic acids is 1. The fourth-order valence-electron chi connectivity index (χ4n) is 1.71. The van der Waals surface area contributed by atoms with E-state index in [1.807, 2.05) is 0 Å². The minimum atomic E-state index is -0.347. The van der Waals surface area contributed by atoms with Crippen LogP contribution in [0.5, 0.6) is 0 Å². The summed E-state index contributed by atoms with van der Waals surface area (Å²) in [4.78, 5) is 11.8. The van der Waals surface area contributed by atoms with Gasteiger partial charge in [-0.05, 0) is 24.0 Å². The Hall–Kier alpha value is -1.02. The number of benzene rings is 1. The molecule has 1 rings (SSSR count). The normalized spacial score (nSPS) is 11.3. The standard InChI is InChI=1S/C14H19ClO2/c1-4-9-14(2,3)10-17-13(16)11-7-5-6-8-12(11)15/h5-8H,4,9-10H2,1-3H3. The third kappa shape index (κ3) is 4.39. The van der Waals surface area contributed by atoms with Crippen LogP contribution in [-0.2, 0) is 4.74 Å². The Morgan fingerprint density at radius 2 is 2.00 bits per heavy atom. The van der Waals surface area contributed by atoms with Crippen LogP contribution >= 0.6 is 11.6 Å². The lowest BCUT2D eigenvalue weighted by atomic mass is 9.89. The molecular weight excluding hydrogens is 236 g/mol. The van der Waals surface area contributed by atoms with Crippen LogP contribution in [0.25, 0.3) is 0 Å². The van der Waals surface area contributed by atoms with Crippen LogP contribution in [0.4, 0.5) is 0 Å². The zero-order valence-corrected chi connectivity index (χ0v) is 11.4. The van der Waals surface area contributed by atoms with Gasteiger partial charge in [0.15, 0.2) is 0 Å². The van der Waals surface area contributed by atoms with Crippen molar-refractivity contribution in [1.82, 2.24) is 0 Å². The Bertz CT molecular complexity index is 386. The molecule has 0 saturated heterocycles. The number of halogens is 1. The van der Waals surface area contributed by atoms with Crippen LogP contribution in [0.15, 0.2) is 24.3 Å². The lowest BCUT2D eigenvalue weighted by Gasteiger charge is -2.23. The van der Waals surface area contributed by atoms with E-state index in [4.69, 9.17) is 16.3 Å². The number of hydrogen-bond donors (Lipinski definition) is 0. The quantitative estimate of drug-likeness (QED) is 0.732. The predicted octanol–water partition coefficient (Wildman–Crippen LogP) is 4.32. The van der Waals surface area contributed by atoms with E-state index in [0.717, 1.165) is 12.8 Å². The summed E-state index contributed by atoms with van der Waals surface area (Å²) in [7, 11) is 0. The molecule has 1 aromatic rings. The van der Waals surface area contributed by atoms with Crippen LogP contribution in [0, 0.1) is 5.41 Å². The van der Waals surface area contributed by atoms with Gasteiger partial charge in [0.1, 0.15) is 0 Å². The van der Waals surface area contributed by atoms with Crippen molar-refractivity contribution in [2.45, 2.75) is 33.6 Å². The average Bonchev–Trinajstić information content (AvgIpc) is 2.27. The second-order valence-corrected chi connectivity index (χ2v) is 5.38. The lowest BCUT2D eigenvalue weighted by molar-refractivity contribution is 0.0326. The number of rotatable bonds is 5. The molecule has 0 fully saturated rings. The van der Waals surface area contributed by atoms with Gasteiger partial charge in [0.2, 0.25) is 0 Å². The summed E-state index contributed by atoms with van der Waals surface area (Å²) >= 11 is 5.93. The molecule has 0 aliphatic rings. The summed E-state index contributed by atoms with van der Waals surface area (Å²) in [6.07, 6.45) is 2.11. The van der Waals surface area contributed by atoms with Gasteiger partial charge in [-0.3, -0.25) is 0 Å². The summed E-state index contributed by atoms with van der Waals surface area (Å²) in [5, 5.41) is 0.436. The second kappa shape index (κ2) is 6.06. The fraction of sp³-hybridized carbons (Fsp3) is 0.500. The van der Waals surface area contributed by atoms with Gasteiger partial charge in [0.25, 0.3) is 0 Å². The second-order valence-electron chi connectivity index (χ2n) is 4.97. The van der Waals surface area contributed by atoms with Gasteiger partial charge in [-0.1, -0.05) is 50.9 Å². The molecule has 0 saturated carbocycles. The van der Waals surface area contributed by atoms with Crippen LogP contribution in [0.1, 0.15) is 44.0 Å². The molecule has 0 N–H and O–H groups in total. The lowest BCUT2D eigenvalue weighted by Crippen LogP contribution is -2.21. The molecule has 0 aliphatic carbocycles. The number of carbonyl (C=O) groups is 1. The number of ether oxygens (including phenoxy) is 1. The molecular formula is C14H19ClO2. The third-order valence-electron chi connectivity index (χ3n) is 2.61. The van der Waals surface area contributed by atoms with Gasteiger partial charge in [0.05, 0.1) is 17.2 Å². The van der Waals surface area contributed by atoms with E-state index in [-0.39, 0.29) is 11.4 Å². The highest BCUT2D eigenvalue weighted by atomic mass is 35.5. The van der Waals surface area contributed by atoms with Crippen molar-refractivity contribution in [2.75, 3.05) is 6.61 Å². The molecule has 17 heavy (non-hydrogen) atoms. The maximum atomic E-state index is 11.8. The Morgan fingerprint density at radius 3 is 2.59 bits per heavy atom. The molecule has 1 aromatic carbocycles. The summed E-state index contributed by atoms with van der Waals surface area (Å²) in [5.41, 5.74) is 0.451. The first-order valence-electron chi connectivity index (χ1n) is 5.88. The topological polar surface area (TPSA) is 26.3 Å². The molecule has 94 valence electrons. The van der Waals surface area contributed by atoms with E-state index < -0.39 is 0 Å². The van der Waals surface area contributed by atoms with Gasteiger partial charge in [-0.15, -0.1) is 0 Å². The molecule has 0 aliphatic heterocycles. The minimum absolute atomic E-state index is 0.0195. The number of hydrogen-bond acceptors (Lipinski definition) is 2. The van der Waals surface area contributed by atoms with E-state index in [1.165, 1.54) is 0 Å². The monoisotopic (exact) mass is 254 g/mol. The Balaban J connectivity index is 2.59. The first kappa shape index (κ1) is 14.0. The Kier molecular flexibility index (Phi) is 5.01. The molecule has 0 heterocycles. The molecule has 0 spiro atoms. The van der Waals surface area contributed by atoms with E-state index in [2.05, 4.69) is 20.8 Å². The van der Waals surface area contributed by atoms with Crippen molar-refractivity contribution in [3.8, 4) is 0 Å². The van der Waals surface area contributed by atoms with Crippen molar-refractivity contribution in [2.24, 2.45) is 5.41 Å². The van der Waals surface area contributed by atoms with Gasteiger partial charge in [-0.25, -0.2) is 4.79 Å². The first-order chi connectivity index (χ1) is 7.96. The fourth-order valence-corrected chi connectivity index (χ4v) is 1.93. The molecule has 0 aromatic heterocycles. The van der Waals surface area contributed by atoms with Gasteiger partial charge >= 0.3 is 5.97 Å². The molecule has 0 unspecified atom stereocenters. The summed E-state index contributed by atoms with van der Waals surface area (Å²) in [6.45, 7) is 6.73. The third-order valence-corrected chi connectivity index (χ3v) is 2.94. The van der Waals surface area contributed by atoms with Crippen LogP contribution in [0.2, 0.25) is 5.02 Å².